The van der Waals surface area contributed by atoms with Gasteiger partial charge in [0.25, 0.3) is 0 Å². The summed E-state index contributed by atoms with van der Waals surface area (Å²) in [6, 6.07) is 5.54. The van der Waals surface area contributed by atoms with E-state index in [4.69, 9.17) is 9.47 Å². The predicted molar refractivity (Wildman–Crippen MR) is 98.1 cm³/mol. The van der Waals surface area contributed by atoms with Crippen molar-refractivity contribution >= 4 is 11.8 Å². The van der Waals surface area contributed by atoms with Crippen LogP contribution in [0.4, 0.5) is 0 Å². The molecule has 1 aromatic carbocycles. The van der Waals surface area contributed by atoms with Gasteiger partial charge in [-0.15, -0.1) is 0 Å². The Kier molecular flexibility index (Phi) is 5.69. The highest BCUT2D eigenvalue weighted by atomic mass is 16.5. The summed E-state index contributed by atoms with van der Waals surface area (Å²) < 4.78 is 10.5. The van der Waals surface area contributed by atoms with E-state index in [1.165, 1.54) is 12.8 Å². The van der Waals surface area contributed by atoms with Crippen LogP contribution in [0.1, 0.15) is 44.1 Å². The zero-order chi connectivity index (χ0) is 18.6. The van der Waals surface area contributed by atoms with Gasteiger partial charge >= 0.3 is 0 Å². The second-order valence-electron chi connectivity index (χ2n) is 7.16. The molecular weight excluding hydrogens is 332 g/mol. The van der Waals surface area contributed by atoms with Crippen molar-refractivity contribution in [3.63, 3.8) is 0 Å². The lowest BCUT2D eigenvalue weighted by molar-refractivity contribution is -0.144. The van der Waals surface area contributed by atoms with Gasteiger partial charge in [0.15, 0.2) is 11.5 Å². The van der Waals surface area contributed by atoms with Crippen molar-refractivity contribution in [2.24, 2.45) is 5.41 Å². The van der Waals surface area contributed by atoms with Crippen LogP contribution in [-0.4, -0.2) is 44.0 Å². The molecular formula is C20H28N2O4. The van der Waals surface area contributed by atoms with E-state index in [-0.39, 0.29) is 11.8 Å². The quantitative estimate of drug-likeness (QED) is 0.792. The Morgan fingerprint density at radius 3 is 2.27 bits per heavy atom. The number of hydrogen-bond donors (Lipinski definition) is 1. The molecule has 1 saturated carbocycles. The fourth-order valence-electron chi connectivity index (χ4n) is 3.58. The van der Waals surface area contributed by atoms with Crippen LogP contribution in [0.5, 0.6) is 11.5 Å². The highest BCUT2D eigenvalue weighted by Gasteiger charge is 2.57. The standard InChI is InChI=1S/C20H28N2O4/c1-25-16-8-7-15(13-17(16)26-2)14-21-18(23)20(9-10-20)19(24)22-11-5-3-4-6-12-22/h7-8,13H,3-6,9-12,14H2,1-2H3,(H,21,23). The van der Waals surface area contributed by atoms with Crippen molar-refractivity contribution < 1.29 is 19.1 Å². The first kappa shape index (κ1) is 18.5. The molecule has 2 fully saturated rings. The lowest BCUT2D eigenvalue weighted by atomic mass is 10.0. The van der Waals surface area contributed by atoms with E-state index >= 15 is 0 Å². The lowest BCUT2D eigenvalue weighted by Crippen LogP contribution is -2.45. The van der Waals surface area contributed by atoms with E-state index in [9.17, 15) is 9.59 Å². The van der Waals surface area contributed by atoms with E-state index in [1.807, 2.05) is 23.1 Å². The van der Waals surface area contributed by atoms with Gasteiger partial charge in [-0.2, -0.15) is 0 Å². The van der Waals surface area contributed by atoms with Crippen molar-refractivity contribution in [1.29, 1.82) is 0 Å². The van der Waals surface area contributed by atoms with Crippen LogP contribution in [-0.2, 0) is 16.1 Å². The van der Waals surface area contributed by atoms with Crippen molar-refractivity contribution in [2.75, 3.05) is 27.3 Å². The Morgan fingerprint density at radius 1 is 1.04 bits per heavy atom. The van der Waals surface area contributed by atoms with Gasteiger partial charge in [-0.1, -0.05) is 18.9 Å². The Balaban J connectivity index is 1.61. The first-order chi connectivity index (χ1) is 12.6. The molecule has 0 aromatic heterocycles. The molecule has 0 spiro atoms. The monoisotopic (exact) mass is 360 g/mol. The van der Waals surface area contributed by atoms with Crippen molar-refractivity contribution in [3.05, 3.63) is 23.8 Å². The summed E-state index contributed by atoms with van der Waals surface area (Å²) in [6.45, 7) is 1.93. The minimum Gasteiger partial charge on any atom is -0.493 e. The third-order valence-corrected chi connectivity index (χ3v) is 5.39. The third-order valence-electron chi connectivity index (χ3n) is 5.39. The Labute approximate surface area is 154 Å². The van der Waals surface area contributed by atoms with Gasteiger partial charge in [0, 0.05) is 19.6 Å². The molecule has 1 aliphatic carbocycles. The average molecular weight is 360 g/mol. The molecule has 1 N–H and O–H groups in total. The molecule has 1 aliphatic heterocycles. The number of amides is 2. The molecule has 2 aliphatic rings. The second kappa shape index (κ2) is 7.98. The molecule has 1 aromatic rings. The normalized spacial score (nSPS) is 18.6. The molecule has 6 nitrogen and oxygen atoms in total. The number of nitrogens with one attached hydrogen (secondary N) is 1. The highest BCUT2D eigenvalue weighted by Crippen LogP contribution is 2.47. The molecule has 0 unspecified atom stereocenters. The van der Waals surface area contributed by atoms with Crippen LogP contribution in [0.25, 0.3) is 0 Å². The number of nitrogens with zero attached hydrogens (tertiary/aromatic N) is 1. The predicted octanol–water partition coefficient (Wildman–Crippen LogP) is 2.50. The van der Waals surface area contributed by atoms with Crippen LogP contribution in [0.3, 0.4) is 0 Å². The number of benzene rings is 1. The van der Waals surface area contributed by atoms with Gasteiger partial charge in [0.05, 0.1) is 14.2 Å². The summed E-state index contributed by atoms with van der Waals surface area (Å²) >= 11 is 0. The summed E-state index contributed by atoms with van der Waals surface area (Å²) in [5, 5.41) is 2.94. The minimum absolute atomic E-state index is 0.0178. The largest absolute Gasteiger partial charge is 0.493 e. The SMILES string of the molecule is COc1ccc(CNC(=O)C2(C(=O)N3CCCCCC3)CC2)cc1OC. The zero-order valence-electron chi connectivity index (χ0n) is 15.7. The summed E-state index contributed by atoms with van der Waals surface area (Å²) in [7, 11) is 3.17. The topological polar surface area (TPSA) is 67.9 Å². The number of rotatable bonds is 6. The molecule has 3 rings (SSSR count). The molecule has 0 bridgehead atoms. The average Bonchev–Trinajstić information content (AvgIpc) is 3.50. The van der Waals surface area contributed by atoms with Crippen LogP contribution in [0.15, 0.2) is 18.2 Å². The Hall–Kier alpha value is -2.24. The first-order valence-corrected chi connectivity index (χ1v) is 9.39. The zero-order valence-corrected chi connectivity index (χ0v) is 15.7. The van der Waals surface area contributed by atoms with Gasteiger partial charge in [0.2, 0.25) is 11.8 Å². The molecule has 142 valence electrons. The fraction of sp³-hybridized carbons (Fsp3) is 0.600. The number of hydrogen-bond acceptors (Lipinski definition) is 4. The summed E-state index contributed by atoms with van der Waals surface area (Å²) in [5.41, 5.74) is 0.0787. The smallest absolute Gasteiger partial charge is 0.238 e. The van der Waals surface area contributed by atoms with Crippen LogP contribution in [0.2, 0.25) is 0 Å². The maximum Gasteiger partial charge on any atom is 0.238 e. The number of methoxy groups -OCH3 is 2. The summed E-state index contributed by atoms with van der Waals surface area (Å²) in [4.78, 5) is 27.5. The van der Waals surface area contributed by atoms with E-state index < -0.39 is 5.41 Å². The maximum atomic E-state index is 12.9. The minimum atomic E-state index is -0.832. The number of carbonyl (C=O) groups is 2. The lowest BCUT2D eigenvalue weighted by Gasteiger charge is -2.25. The molecule has 2 amide bonds. The maximum absolute atomic E-state index is 12.9. The highest BCUT2D eigenvalue weighted by molar-refractivity contribution is 6.07. The van der Waals surface area contributed by atoms with Crippen LogP contribution >= 0.6 is 0 Å². The first-order valence-electron chi connectivity index (χ1n) is 9.39. The van der Waals surface area contributed by atoms with Crippen LogP contribution in [0, 0.1) is 5.41 Å². The number of ether oxygens (including phenoxy) is 2. The molecule has 0 atom stereocenters. The molecule has 26 heavy (non-hydrogen) atoms. The van der Waals surface area contributed by atoms with E-state index in [1.54, 1.807) is 14.2 Å². The van der Waals surface area contributed by atoms with Crippen molar-refractivity contribution in [1.82, 2.24) is 10.2 Å². The molecule has 1 saturated heterocycles. The van der Waals surface area contributed by atoms with E-state index in [2.05, 4.69) is 5.32 Å². The Bertz CT molecular complexity index is 662. The molecule has 0 radical (unpaired) electrons. The van der Waals surface area contributed by atoms with Crippen molar-refractivity contribution in [2.45, 2.75) is 45.1 Å². The third kappa shape index (κ3) is 3.79. The summed E-state index contributed by atoms with van der Waals surface area (Å²) in [5.74, 6) is 1.14. The van der Waals surface area contributed by atoms with Gasteiger partial charge in [-0.05, 0) is 43.4 Å². The second-order valence-corrected chi connectivity index (χ2v) is 7.16. The molecule has 1 heterocycles. The number of likely N-dealkylation sites (tertiary alicyclic amines) is 1. The van der Waals surface area contributed by atoms with Gasteiger partial charge in [-0.3, -0.25) is 9.59 Å². The van der Waals surface area contributed by atoms with Crippen LogP contribution < -0.4 is 14.8 Å². The Morgan fingerprint density at radius 2 is 1.69 bits per heavy atom. The van der Waals surface area contributed by atoms with E-state index in [0.29, 0.717) is 30.9 Å². The number of carbonyl (C=O) groups excluding carboxylic acids is 2. The van der Waals surface area contributed by atoms with Crippen molar-refractivity contribution in [3.8, 4) is 11.5 Å². The summed E-state index contributed by atoms with van der Waals surface area (Å²) in [6.07, 6.45) is 5.72. The van der Waals surface area contributed by atoms with Gasteiger partial charge in [-0.25, -0.2) is 0 Å². The van der Waals surface area contributed by atoms with Gasteiger partial charge < -0.3 is 19.7 Å². The van der Waals surface area contributed by atoms with Gasteiger partial charge in [0.1, 0.15) is 5.41 Å². The molecule has 6 heteroatoms. The van der Waals surface area contributed by atoms with E-state index in [0.717, 1.165) is 31.5 Å². The fourth-order valence-corrected chi connectivity index (χ4v) is 3.58.